The van der Waals surface area contributed by atoms with Gasteiger partial charge in [-0.25, -0.2) is 13.1 Å². The van der Waals surface area contributed by atoms with Crippen LogP contribution in [0.4, 0.5) is 5.69 Å². The molecule has 1 aliphatic rings. The summed E-state index contributed by atoms with van der Waals surface area (Å²) in [6, 6.07) is 11.3. The van der Waals surface area contributed by atoms with E-state index in [1.165, 1.54) is 23.1 Å². The number of rotatable bonds is 7. The Morgan fingerprint density at radius 3 is 2.77 bits per heavy atom. The minimum absolute atomic E-state index is 0.0102. The summed E-state index contributed by atoms with van der Waals surface area (Å²) in [7, 11) is -3.87. The lowest BCUT2D eigenvalue weighted by molar-refractivity contribution is -0.121. The standard InChI is InChI=1S/C20H19ClN4O5S/c1-2-19-23-18(24-30-19)11-25-16-9-14(7-8-17(16)29-12-20(25)26)31(27,28)22-10-13-5-3-4-6-15(13)21/h3-9,22H,2,10-12H2,1H3. The first-order valence-electron chi connectivity index (χ1n) is 9.49. The Morgan fingerprint density at radius 1 is 1.23 bits per heavy atom. The third kappa shape index (κ3) is 4.55. The zero-order valence-electron chi connectivity index (χ0n) is 16.5. The molecule has 0 spiro atoms. The predicted octanol–water partition coefficient (Wildman–Crippen LogP) is 2.69. The summed E-state index contributed by atoms with van der Waals surface area (Å²) < 4.78 is 38.8. The number of sulfonamides is 1. The van der Waals surface area contributed by atoms with Crippen molar-refractivity contribution in [3.63, 3.8) is 0 Å². The summed E-state index contributed by atoms with van der Waals surface area (Å²) in [5.41, 5.74) is 0.967. The van der Waals surface area contributed by atoms with Gasteiger partial charge in [-0.2, -0.15) is 4.98 Å². The molecule has 3 aromatic rings. The van der Waals surface area contributed by atoms with Crippen LogP contribution in [0.2, 0.25) is 5.02 Å². The number of benzene rings is 2. The van der Waals surface area contributed by atoms with E-state index in [1.807, 2.05) is 6.92 Å². The Bertz CT molecular complexity index is 1230. The van der Waals surface area contributed by atoms with E-state index in [1.54, 1.807) is 24.3 Å². The van der Waals surface area contributed by atoms with Gasteiger partial charge in [0.1, 0.15) is 5.75 Å². The number of anilines is 1. The number of halogens is 1. The maximum absolute atomic E-state index is 12.9. The quantitative estimate of drug-likeness (QED) is 0.574. The summed E-state index contributed by atoms with van der Waals surface area (Å²) >= 11 is 6.10. The SMILES string of the molecule is CCc1nc(CN2C(=O)COc3ccc(S(=O)(=O)NCc4ccccc4Cl)cc32)no1. The van der Waals surface area contributed by atoms with Crippen molar-refractivity contribution in [2.45, 2.75) is 31.3 Å². The number of aromatic nitrogens is 2. The number of fused-ring (bicyclic) bond motifs is 1. The lowest BCUT2D eigenvalue weighted by Gasteiger charge is -2.28. The molecular weight excluding hydrogens is 444 g/mol. The van der Waals surface area contributed by atoms with Crippen LogP contribution in [-0.2, 0) is 34.3 Å². The van der Waals surface area contributed by atoms with Crippen LogP contribution in [-0.4, -0.2) is 31.1 Å². The van der Waals surface area contributed by atoms with Crippen molar-refractivity contribution in [3.8, 4) is 5.75 Å². The Hall–Kier alpha value is -2.95. The number of aryl methyl sites for hydroxylation is 1. The molecule has 1 aromatic heterocycles. The second-order valence-corrected chi connectivity index (χ2v) is 8.95. The third-order valence-electron chi connectivity index (χ3n) is 4.71. The van der Waals surface area contributed by atoms with Crippen molar-refractivity contribution in [3.05, 3.63) is 64.8 Å². The van der Waals surface area contributed by atoms with Gasteiger partial charge in [-0.3, -0.25) is 9.69 Å². The molecule has 4 rings (SSSR count). The molecule has 0 saturated carbocycles. The van der Waals surface area contributed by atoms with Crippen LogP contribution in [0.25, 0.3) is 0 Å². The first-order chi connectivity index (χ1) is 14.9. The highest BCUT2D eigenvalue weighted by molar-refractivity contribution is 7.89. The van der Waals surface area contributed by atoms with Crippen molar-refractivity contribution >= 4 is 33.2 Å². The number of nitrogens with one attached hydrogen (secondary N) is 1. The fourth-order valence-electron chi connectivity index (χ4n) is 3.06. The van der Waals surface area contributed by atoms with Gasteiger partial charge in [0.05, 0.1) is 17.1 Å². The molecule has 2 heterocycles. The van der Waals surface area contributed by atoms with E-state index in [9.17, 15) is 13.2 Å². The van der Waals surface area contributed by atoms with Gasteiger partial charge in [0.25, 0.3) is 5.91 Å². The van der Waals surface area contributed by atoms with Gasteiger partial charge in [-0.15, -0.1) is 0 Å². The van der Waals surface area contributed by atoms with Gasteiger partial charge in [-0.05, 0) is 29.8 Å². The Morgan fingerprint density at radius 2 is 2.03 bits per heavy atom. The maximum Gasteiger partial charge on any atom is 0.265 e. The maximum atomic E-state index is 12.9. The lowest BCUT2D eigenvalue weighted by Crippen LogP contribution is -2.38. The van der Waals surface area contributed by atoms with Crippen LogP contribution in [0.3, 0.4) is 0 Å². The van der Waals surface area contributed by atoms with Gasteiger partial charge >= 0.3 is 0 Å². The molecule has 0 unspecified atom stereocenters. The molecule has 0 saturated heterocycles. The fraction of sp³-hybridized carbons (Fsp3) is 0.250. The Kier molecular flexibility index (Phi) is 5.94. The molecule has 1 N–H and O–H groups in total. The van der Waals surface area contributed by atoms with Crippen molar-refractivity contribution in [2.24, 2.45) is 0 Å². The third-order valence-corrected chi connectivity index (χ3v) is 6.47. The molecule has 0 bridgehead atoms. The van der Waals surface area contributed by atoms with Crippen molar-refractivity contribution in [2.75, 3.05) is 11.5 Å². The average molecular weight is 463 g/mol. The normalized spacial score (nSPS) is 13.7. The zero-order chi connectivity index (χ0) is 22.0. The van der Waals surface area contributed by atoms with E-state index < -0.39 is 10.0 Å². The van der Waals surface area contributed by atoms with Crippen LogP contribution in [0.15, 0.2) is 51.9 Å². The largest absolute Gasteiger partial charge is 0.482 e. The Balaban J connectivity index is 1.60. The molecule has 0 radical (unpaired) electrons. The second kappa shape index (κ2) is 8.66. The molecule has 0 atom stereocenters. The second-order valence-electron chi connectivity index (χ2n) is 6.77. The first kappa shape index (κ1) is 21.3. The molecule has 2 aromatic carbocycles. The van der Waals surface area contributed by atoms with Crippen LogP contribution in [0.5, 0.6) is 5.75 Å². The minimum Gasteiger partial charge on any atom is -0.482 e. The molecule has 0 aliphatic carbocycles. The fourth-order valence-corrected chi connectivity index (χ4v) is 4.29. The number of hydrogen-bond donors (Lipinski definition) is 1. The van der Waals surface area contributed by atoms with Crippen LogP contribution in [0.1, 0.15) is 24.2 Å². The number of carbonyl (C=O) groups is 1. The van der Waals surface area contributed by atoms with Gasteiger partial charge in [0.15, 0.2) is 12.4 Å². The van der Waals surface area contributed by atoms with Crippen LogP contribution < -0.4 is 14.4 Å². The smallest absolute Gasteiger partial charge is 0.265 e. The number of carbonyl (C=O) groups excluding carboxylic acids is 1. The summed E-state index contributed by atoms with van der Waals surface area (Å²) in [4.78, 5) is 18.1. The topological polar surface area (TPSA) is 115 Å². The highest BCUT2D eigenvalue weighted by Crippen LogP contribution is 2.35. The lowest BCUT2D eigenvalue weighted by atomic mass is 10.2. The summed E-state index contributed by atoms with van der Waals surface area (Å²) in [5.74, 6) is 0.831. The average Bonchev–Trinajstić information content (AvgIpc) is 3.22. The highest BCUT2D eigenvalue weighted by atomic mass is 35.5. The summed E-state index contributed by atoms with van der Waals surface area (Å²) in [6.07, 6.45) is 0.570. The van der Waals surface area contributed by atoms with Gasteiger partial charge in [-0.1, -0.05) is 41.9 Å². The zero-order valence-corrected chi connectivity index (χ0v) is 18.1. The van der Waals surface area contributed by atoms with E-state index in [0.717, 1.165) is 0 Å². The van der Waals surface area contributed by atoms with Crippen molar-refractivity contribution in [1.29, 1.82) is 0 Å². The first-order valence-corrected chi connectivity index (χ1v) is 11.3. The van der Waals surface area contributed by atoms with E-state index in [2.05, 4.69) is 14.9 Å². The predicted molar refractivity (Wildman–Crippen MR) is 112 cm³/mol. The number of nitrogens with zero attached hydrogens (tertiary/aromatic N) is 3. The molecular formula is C20H19ClN4O5S. The van der Waals surface area contributed by atoms with E-state index in [0.29, 0.717) is 40.2 Å². The van der Waals surface area contributed by atoms with Gasteiger partial charge in [0, 0.05) is 18.0 Å². The molecule has 31 heavy (non-hydrogen) atoms. The molecule has 11 heteroatoms. The molecule has 1 amide bonds. The molecule has 162 valence electrons. The Labute approximate surface area is 184 Å². The van der Waals surface area contributed by atoms with Gasteiger partial charge < -0.3 is 9.26 Å². The molecule has 0 fully saturated rings. The van der Waals surface area contributed by atoms with E-state index in [-0.39, 0.29) is 30.5 Å². The molecule has 9 nitrogen and oxygen atoms in total. The number of ether oxygens (including phenoxy) is 1. The van der Waals surface area contributed by atoms with Crippen LogP contribution >= 0.6 is 11.6 Å². The van der Waals surface area contributed by atoms with Crippen molar-refractivity contribution in [1.82, 2.24) is 14.9 Å². The highest BCUT2D eigenvalue weighted by Gasteiger charge is 2.29. The van der Waals surface area contributed by atoms with Crippen molar-refractivity contribution < 1.29 is 22.5 Å². The summed E-state index contributed by atoms with van der Waals surface area (Å²) in [5, 5.41) is 4.33. The number of amides is 1. The summed E-state index contributed by atoms with van der Waals surface area (Å²) in [6.45, 7) is 1.78. The van der Waals surface area contributed by atoms with Gasteiger partial charge in [0.2, 0.25) is 15.9 Å². The van der Waals surface area contributed by atoms with Crippen LogP contribution in [0, 0.1) is 0 Å². The number of hydrogen-bond acceptors (Lipinski definition) is 7. The monoisotopic (exact) mass is 462 g/mol. The van der Waals surface area contributed by atoms with E-state index in [4.69, 9.17) is 20.9 Å². The van der Waals surface area contributed by atoms with E-state index >= 15 is 0 Å². The minimum atomic E-state index is -3.87. The molecule has 1 aliphatic heterocycles.